The van der Waals surface area contributed by atoms with Gasteiger partial charge in [-0.2, -0.15) is 0 Å². The number of hydrogen-bond donors (Lipinski definition) is 2. The Labute approximate surface area is 191 Å². The standard InChI is InChI=1S/C23H36N2O6Si/c1-5-29-21(26)18-11-12-19(24-22(27)30-13-14-32(2,3)4)20(15-18)25-23(28)31-16-17-9-7-6-8-10-17/h6-10,18-20H,5,11-16H2,1-4H3,(H,24,27)(H,25,28). The Hall–Kier alpha value is -2.55. The number of ether oxygens (including phenoxy) is 3. The van der Waals surface area contributed by atoms with Gasteiger partial charge in [0.2, 0.25) is 0 Å². The number of nitrogens with one attached hydrogen (secondary N) is 2. The molecule has 0 spiro atoms. The van der Waals surface area contributed by atoms with Crippen LogP contribution in [0.25, 0.3) is 0 Å². The molecule has 0 aromatic heterocycles. The molecule has 1 saturated carbocycles. The van der Waals surface area contributed by atoms with Crippen LogP contribution in [-0.4, -0.2) is 51.5 Å². The predicted molar refractivity (Wildman–Crippen MR) is 124 cm³/mol. The van der Waals surface area contributed by atoms with E-state index in [-0.39, 0.29) is 24.5 Å². The second kappa shape index (κ2) is 12.5. The van der Waals surface area contributed by atoms with Crippen LogP contribution in [0.15, 0.2) is 30.3 Å². The molecule has 0 bridgehead atoms. The fourth-order valence-corrected chi connectivity index (χ4v) is 4.25. The van der Waals surface area contributed by atoms with Crippen molar-refractivity contribution in [2.45, 2.75) is 70.6 Å². The van der Waals surface area contributed by atoms with E-state index in [2.05, 4.69) is 30.3 Å². The van der Waals surface area contributed by atoms with E-state index in [9.17, 15) is 14.4 Å². The average molecular weight is 465 g/mol. The number of benzene rings is 1. The maximum Gasteiger partial charge on any atom is 0.407 e. The highest BCUT2D eigenvalue weighted by molar-refractivity contribution is 6.76. The number of esters is 1. The molecule has 8 nitrogen and oxygen atoms in total. The van der Waals surface area contributed by atoms with Gasteiger partial charge in [0.15, 0.2) is 0 Å². The Morgan fingerprint density at radius 2 is 1.59 bits per heavy atom. The smallest absolute Gasteiger partial charge is 0.407 e. The maximum absolute atomic E-state index is 12.4. The molecule has 178 valence electrons. The summed E-state index contributed by atoms with van der Waals surface area (Å²) in [5, 5.41) is 5.68. The predicted octanol–water partition coefficient (Wildman–Crippen LogP) is 4.08. The molecule has 0 radical (unpaired) electrons. The van der Waals surface area contributed by atoms with Gasteiger partial charge in [-0.1, -0.05) is 50.0 Å². The van der Waals surface area contributed by atoms with Crippen molar-refractivity contribution in [1.82, 2.24) is 10.6 Å². The van der Waals surface area contributed by atoms with Crippen LogP contribution in [-0.2, 0) is 25.6 Å². The summed E-state index contributed by atoms with van der Waals surface area (Å²) in [7, 11) is -1.31. The Bertz CT molecular complexity index is 753. The van der Waals surface area contributed by atoms with Crippen molar-refractivity contribution >= 4 is 26.2 Å². The van der Waals surface area contributed by atoms with Crippen molar-refractivity contribution < 1.29 is 28.6 Å². The molecular weight excluding hydrogens is 428 g/mol. The summed E-state index contributed by atoms with van der Waals surface area (Å²) in [6, 6.07) is 9.42. The summed E-state index contributed by atoms with van der Waals surface area (Å²) >= 11 is 0. The van der Waals surface area contributed by atoms with Crippen LogP contribution in [0, 0.1) is 5.92 Å². The normalized spacial score (nSPS) is 20.7. The highest BCUT2D eigenvalue weighted by Crippen LogP contribution is 2.26. The Morgan fingerprint density at radius 1 is 0.938 bits per heavy atom. The SMILES string of the molecule is CCOC(=O)C1CCC(NC(=O)OCC[Si](C)(C)C)C(NC(=O)OCc2ccccc2)C1. The van der Waals surface area contributed by atoms with E-state index in [0.29, 0.717) is 32.5 Å². The molecule has 32 heavy (non-hydrogen) atoms. The molecule has 2 N–H and O–H groups in total. The summed E-state index contributed by atoms with van der Waals surface area (Å²) in [4.78, 5) is 36.9. The van der Waals surface area contributed by atoms with E-state index in [1.165, 1.54) is 0 Å². The number of rotatable bonds is 9. The first-order valence-electron chi connectivity index (χ1n) is 11.2. The van der Waals surface area contributed by atoms with E-state index in [4.69, 9.17) is 14.2 Å². The lowest BCUT2D eigenvalue weighted by atomic mass is 9.82. The topological polar surface area (TPSA) is 103 Å². The highest BCUT2D eigenvalue weighted by atomic mass is 28.3. The molecule has 1 aliphatic rings. The van der Waals surface area contributed by atoms with Gasteiger partial charge in [0.25, 0.3) is 0 Å². The number of hydrogen-bond acceptors (Lipinski definition) is 6. The second-order valence-corrected chi connectivity index (χ2v) is 14.9. The lowest BCUT2D eigenvalue weighted by Gasteiger charge is -2.35. The summed E-state index contributed by atoms with van der Waals surface area (Å²) in [5.41, 5.74) is 0.872. The van der Waals surface area contributed by atoms with Crippen LogP contribution < -0.4 is 10.6 Å². The van der Waals surface area contributed by atoms with Crippen molar-refractivity contribution in [3.8, 4) is 0 Å². The van der Waals surface area contributed by atoms with Crippen LogP contribution in [0.5, 0.6) is 0 Å². The number of alkyl carbamates (subject to hydrolysis) is 2. The molecule has 0 heterocycles. The van der Waals surface area contributed by atoms with Crippen molar-refractivity contribution in [1.29, 1.82) is 0 Å². The molecular formula is C23H36N2O6Si. The first-order chi connectivity index (χ1) is 15.2. The zero-order valence-electron chi connectivity index (χ0n) is 19.5. The monoisotopic (exact) mass is 464 g/mol. The second-order valence-electron chi connectivity index (χ2n) is 9.27. The summed E-state index contributed by atoms with van der Waals surface area (Å²) < 4.78 is 15.8. The van der Waals surface area contributed by atoms with Gasteiger partial charge >= 0.3 is 18.2 Å². The Kier molecular flexibility index (Phi) is 10.0. The zero-order valence-corrected chi connectivity index (χ0v) is 20.5. The maximum atomic E-state index is 12.4. The molecule has 3 atom stereocenters. The van der Waals surface area contributed by atoms with Crippen LogP contribution in [0.2, 0.25) is 25.7 Å². The van der Waals surface area contributed by atoms with Gasteiger partial charge in [-0.05, 0) is 37.8 Å². The van der Waals surface area contributed by atoms with Gasteiger partial charge in [-0.15, -0.1) is 0 Å². The largest absolute Gasteiger partial charge is 0.466 e. The van der Waals surface area contributed by atoms with E-state index in [0.717, 1.165) is 11.6 Å². The average Bonchev–Trinajstić information content (AvgIpc) is 2.73. The van der Waals surface area contributed by atoms with Gasteiger partial charge in [-0.25, -0.2) is 9.59 Å². The zero-order chi connectivity index (χ0) is 23.6. The van der Waals surface area contributed by atoms with Gasteiger partial charge in [0.1, 0.15) is 6.61 Å². The van der Waals surface area contributed by atoms with E-state index < -0.39 is 26.3 Å². The third-order valence-corrected chi connectivity index (χ3v) is 7.08. The molecule has 2 amide bonds. The number of amides is 2. The van der Waals surface area contributed by atoms with Gasteiger partial charge in [0.05, 0.1) is 31.2 Å². The lowest BCUT2D eigenvalue weighted by molar-refractivity contribution is -0.149. The van der Waals surface area contributed by atoms with Crippen molar-refractivity contribution in [3.05, 3.63) is 35.9 Å². The molecule has 3 unspecified atom stereocenters. The van der Waals surface area contributed by atoms with Gasteiger partial charge < -0.3 is 24.8 Å². The molecule has 1 aliphatic carbocycles. The third kappa shape index (κ3) is 9.29. The van der Waals surface area contributed by atoms with E-state index in [1.54, 1.807) is 6.92 Å². The van der Waals surface area contributed by atoms with Crippen molar-refractivity contribution in [2.24, 2.45) is 5.92 Å². The van der Waals surface area contributed by atoms with Crippen LogP contribution in [0.3, 0.4) is 0 Å². The molecule has 1 fully saturated rings. The minimum absolute atomic E-state index is 0.136. The molecule has 9 heteroatoms. The Morgan fingerprint density at radius 3 is 2.25 bits per heavy atom. The minimum atomic E-state index is -1.31. The molecule has 0 saturated heterocycles. The highest BCUT2D eigenvalue weighted by Gasteiger charge is 2.37. The molecule has 1 aromatic carbocycles. The Balaban J connectivity index is 1.94. The summed E-state index contributed by atoms with van der Waals surface area (Å²) in [5.74, 6) is -0.622. The quantitative estimate of drug-likeness (QED) is 0.324. The lowest BCUT2D eigenvalue weighted by Crippen LogP contribution is -2.55. The summed E-state index contributed by atoms with van der Waals surface area (Å²) in [6.07, 6.45) is 0.347. The first kappa shape index (κ1) is 25.7. The first-order valence-corrected chi connectivity index (χ1v) is 15.0. The van der Waals surface area contributed by atoms with Crippen LogP contribution >= 0.6 is 0 Å². The fraction of sp³-hybridized carbons (Fsp3) is 0.609. The summed E-state index contributed by atoms with van der Waals surface area (Å²) in [6.45, 7) is 9.22. The van der Waals surface area contributed by atoms with Crippen LogP contribution in [0.4, 0.5) is 9.59 Å². The van der Waals surface area contributed by atoms with E-state index in [1.807, 2.05) is 30.3 Å². The molecule has 2 rings (SSSR count). The van der Waals surface area contributed by atoms with Gasteiger partial charge in [0, 0.05) is 8.07 Å². The van der Waals surface area contributed by atoms with E-state index >= 15 is 0 Å². The third-order valence-electron chi connectivity index (χ3n) is 5.37. The fourth-order valence-electron chi connectivity index (χ4n) is 3.54. The molecule has 1 aromatic rings. The van der Waals surface area contributed by atoms with Crippen LogP contribution in [0.1, 0.15) is 31.7 Å². The van der Waals surface area contributed by atoms with Crippen molar-refractivity contribution in [3.63, 3.8) is 0 Å². The minimum Gasteiger partial charge on any atom is -0.466 e. The van der Waals surface area contributed by atoms with Gasteiger partial charge in [-0.3, -0.25) is 4.79 Å². The number of carbonyl (C=O) groups excluding carboxylic acids is 3. The molecule has 0 aliphatic heterocycles. The van der Waals surface area contributed by atoms with Crippen molar-refractivity contribution in [2.75, 3.05) is 13.2 Å². The number of carbonyl (C=O) groups is 3.